The van der Waals surface area contributed by atoms with Crippen molar-refractivity contribution < 1.29 is 4.39 Å². The summed E-state index contributed by atoms with van der Waals surface area (Å²) in [5.74, 6) is 0.0532. The molecule has 1 fully saturated rings. The number of nitrogens with two attached hydrogens (primary N) is 1. The normalized spacial score (nSPS) is 29.5. The zero-order valence-electron chi connectivity index (χ0n) is 10.2. The fourth-order valence-electron chi connectivity index (χ4n) is 2.42. The zero-order chi connectivity index (χ0) is 12.6. The fourth-order valence-corrected chi connectivity index (χ4v) is 2.60. The van der Waals surface area contributed by atoms with Crippen LogP contribution in [0, 0.1) is 11.7 Å². The van der Waals surface area contributed by atoms with E-state index >= 15 is 0 Å². The minimum absolute atomic E-state index is 0.178. The lowest BCUT2D eigenvalue weighted by Gasteiger charge is -2.42. The summed E-state index contributed by atoms with van der Waals surface area (Å²) >= 11 is 5.82. The molecule has 2 N–H and O–H groups in total. The molecule has 0 saturated carbocycles. The topological polar surface area (TPSA) is 29.3 Å². The first-order valence-corrected chi connectivity index (χ1v) is 6.35. The lowest BCUT2D eigenvalue weighted by atomic mass is 9.87. The molecular formula is C13H18ClFN2. The van der Waals surface area contributed by atoms with Gasteiger partial charge in [-0.2, -0.15) is 0 Å². The highest BCUT2D eigenvalue weighted by Crippen LogP contribution is 2.30. The SMILES string of the molecule is CC1C(N)CCN(c2ccc(F)c(Cl)c2)C1C. The lowest BCUT2D eigenvalue weighted by Crippen LogP contribution is -2.51. The molecule has 3 unspecified atom stereocenters. The van der Waals surface area contributed by atoms with Gasteiger partial charge in [-0.15, -0.1) is 0 Å². The lowest BCUT2D eigenvalue weighted by molar-refractivity contribution is 0.315. The summed E-state index contributed by atoms with van der Waals surface area (Å²) in [6.07, 6.45) is 0.959. The first-order chi connectivity index (χ1) is 8.00. The van der Waals surface area contributed by atoms with Crippen LogP contribution in [0.25, 0.3) is 0 Å². The molecule has 4 heteroatoms. The smallest absolute Gasteiger partial charge is 0.141 e. The molecule has 2 nitrogen and oxygen atoms in total. The average Bonchev–Trinajstić information content (AvgIpc) is 2.30. The minimum atomic E-state index is -0.371. The molecule has 94 valence electrons. The number of benzene rings is 1. The van der Waals surface area contributed by atoms with Crippen molar-refractivity contribution in [3.05, 3.63) is 29.0 Å². The number of halogens is 2. The largest absolute Gasteiger partial charge is 0.368 e. The summed E-state index contributed by atoms with van der Waals surface area (Å²) in [5, 5.41) is 0.178. The molecule has 0 amide bonds. The van der Waals surface area contributed by atoms with E-state index in [4.69, 9.17) is 17.3 Å². The van der Waals surface area contributed by atoms with E-state index in [-0.39, 0.29) is 16.9 Å². The monoisotopic (exact) mass is 256 g/mol. The second-order valence-corrected chi connectivity index (χ2v) is 5.25. The highest BCUT2D eigenvalue weighted by Gasteiger charge is 2.30. The van der Waals surface area contributed by atoms with Crippen molar-refractivity contribution in [2.75, 3.05) is 11.4 Å². The van der Waals surface area contributed by atoms with Crippen molar-refractivity contribution in [2.45, 2.75) is 32.4 Å². The maximum absolute atomic E-state index is 13.1. The number of hydrogen-bond donors (Lipinski definition) is 1. The molecule has 1 heterocycles. The minimum Gasteiger partial charge on any atom is -0.368 e. The molecule has 2 rings (SSSR count). The van der Waals surface area contributed by atoms with Gasteiger partial charge in [0.2, 0.25) is 0 Å². The average molecular weight is 257 g/mol. The van der Waals surface area contributed by atoms with Crippen LogP contribution in [0.4, 0.5) is 10.1 Å². The maximum atomic E-state index is 13.1. The van der Waals surface area contributed by atoms with E-state index in [1.807, 2.05) is 0 Å². The van der Waals surface area contributed by atoms with Gasteiger partial charge in [-0.3, -0.25) is 0 Å². The number of piperidine rings is 1. The Bertz CT molecular complexity index is 410. The van der Waals surface area contributed by atoms with Gasteiger partial charge in [-0.25, -0.2) is 4.39 Å². The van der Waals surface area contributed by atoms with Gasteiger partial charge in [0.1, 0.15) is 5.82 Å². The number of rotatable bonds is 1. The van der Waals surface area contributed by atoms with Crippen LogP contribution in [0.2, 0.25) is 5.02 Å². The van der Waals surface area contributed by atoms with Crippen LogP contribution in [0.5, 0.6) is 0 Å². The number of nitrogens with zero attached hydrogens (tertiary/aromatic N) is 1. The van der Waals surface area contributed by atoms with Crippen LogP contribution in [0.3, 0.4) is 0 Å². The van der Waals surface area contributed by atoms with E-state index in [0.29, 0.717) is 12.0 Å². The van der Waals surface area contributed by atoms with E-state index in [1.165, 1.54) is 6.07 Å². The molecule has 1 aliphatic heterocycles. The first kappa shape index (κ1) is 12.7. The van der Waals surface area contributed by atoms with Gasteiger partial charge in [-0.05, 0) is 37.5 Å². The predicted molar refractivity (Wildman–Crippen MR) is 70.0 cm³/mol. The summed E-state index contributed by atoms with van der Waals surface area (Å²) < 4.78 is 13.1. The summed E-state index contributed by atoms with van der Waals surface area (Å²) in [4.78, 5) is 2.25. The van der Waals surface area contributed by atoms with Crippen molar-refractivity contribution >= 4 is 17.3 Å². The van der Waals surface area contributed by atoms with Crippen molar-refractivity contribution in [1.82, 2.24) is 0 Å². The quantitative estimate of drug-likeness (QED) is 0.837. The van der Waals surface area contributed by atoms with E-state index in [2.05, 4.69) is 18.7 Å². The van der Waals surface area contributed by atoms with Crippen LogP contribution >= 0.6 is 11.6 Å². The predicted octanol–water partition coefficient (Wildman–Crippen LogP) is 3.04. The third-order valence-electron chi connectivity index (χ3n) is 3.87. The molecule has 0 spiro atoms. The second kappa shape index (κ2) is 4.83. The highest BCUT2D eigenvalue weighted by atomic mass is 35.5. The van der Waals surface area contributed by atoms with Gasteiger partial charge < -0.3 is 10.6 Å². The van der Waals surface area contributed by atoms with Gasteiger partial charge in [-0.1, -0.05) is 18.5 Å². The molecular weight excluding hydrogens is 239 g/mol. The Morgan fingerprint density at radius 1 is 1.41 bits per heavy atom. The van der Waals surface area contributed by atoms with Gasteiger partial charge in [0.15, 0.2) is 0 Å². The van der Waals surface area contributed by atoms with Crippen molar-refractivity contribution in [3.63, 3.8) is 0 Å². The van der Waals surface area contributed by atoms with Crippen molar-refractivity contribution in [3.8, 4) is 0 Å². The molecule has 17 heavy (non-hydrogen) atoms. The number of hydrogen-bond acceptors (Lipinski definition) is 2. The van der Waals surface area contributed by atoms with Crippen LogP contribution in [0.1, 0.15) is 20.3 Å². The standard InChI is InChI=1S/C13H18ClFN2/c1-8-9(2)17(6-5-13(8)16)10-3-4-12(15)11(14)7-10/h3-4,7-9,13H,5-6,16H2,1-2H3. The molecule has 1 aliphatic rings. The van der Waals surface area contributed by atoms with Gasteiger partial charge >= 0.3 is 0 Å². The van der Waals surface area contributed by atoms with E-state index in [9.17, 15) is 4.39 Å². The second-order valence-electron chi connectivity index (χ2n) is 4.84. The van der Waals surface area contributed by atoms with Gasteiger partial charge in [0, 0.05) is 24.3 Å². The molecule has 3 atom stereocenters. The Hall–Kier alpha value is -0.800. The molecule has 1 aromatic rings. The Kier molecular flexibility index (Phi) is 3.59. The molecule has 1 saturated heterocycles. The van der Waals surface area contributed by atoms with Gasteiger partial charge in [0.05, 0.1) is 5.02 Å². The molecule has 0 radical (unpaired) electrons. The molecule has 0 aromatic heterocycles. The molecule has 0 aliphatic carbocycles. The first-order valence-electron chi connectivity index (χ1n) is 5.98. The van der Waals surface area contributed by atoms with Crippen LogP contribution in [-0.4, -0.2) is 18.6 Å². The molecule has 1 aromatic carbocycles. The van der Waals surface area contributed by atoms with E-state index in [0.717, 1.165) is 18.7 Å². The third kappa shape index (κ3) is 2.40. The van der Waals surface area contributed by atoms with E-state index in [1.54, 1.807) is 12.1 Å². The Morgan fingerprint density at radius 3 is 2.76 bits per heavy atom. The van der Waals surface area contributed by atoms with Crippen molar-refractivity contribution in [1.29, 1.82) is 0 Å². The Balaban J connectivity index is 2.24. The summed E-state index contributed by atoms with van der Waals surface area (Å²) in [6, 6.07) is 5.49. The van der Waals surface area contributed by atoms with Crippen LogP contribution < -0.4 is 10.6 Å². The summed E-state index contributed by atoms with van der Waals surface area (Å²) in [7, 11) is 0. The zero-order valence-corrected chi connectivity index (χ0v) is 10.9. The fraction of sp³-hybridized carbons (Fsp3) is 0.538. The molecule has 0 bridgehead atoms. The third-order valence-corrected chi connectivity index (χ3v) is 4.16. The summed E-state index contributed by atoms with van der Waals surface area (Å²) in [5.41, 5.74) is 7.02. The van der Waals surface area contributed by atoms with Crippen LogP contribution in [-0.2, 0) is 0 Å². The van der Waals surface area contributed by atoms with Crippen molar-refractivity contribution in [2.24, 2.45) is 11.7 Å². The summed E-state index contributed by atoms with van der Waals surface area (Å²) in [6.45, 7) is 5.21. The number of anilines is 1. The maximum Gasteiger partial charge on any atom is 0.141 e. The Morgan fingerprint density at radius 2 is 2.12 bits per heavy atom. The Labute approximate surface area is 107 Å². The highest BCUT2D eigenvalue weighted by molar-refractivity contribution is 6.31. The van der Waals surface area contributed by atoms with Crippen LogP contribution in [0.15, 0.2) is 18.2 Å². The van der Waals surface area contributed by atoms with E-state index < -0.39 is 0 Å². The van der Waals surface area contributed by atoms with Gasteiger partial charge in [0.25, 0.3) is 0 Å².